The lowest BCUT2D eigenvalue weighted by Crippen LogP contribution is -1.95. The van der Waals surface area contributed by atoms with Crippen LogP contribution in [-0.4, -0.2) is 22.4 Å². The number of carboxylic acids is 1. The van der Waals surface area contributed by atoms with E-state index in [1.54, 1.807) is 6.20 Å². The molecular weight excluding hydrogens is 246 g/mol. The highest BCUT2D eigenvalue weighted by atomic mass is 16.7. The van der Waals surface area contributed by atoms with Gasteiger partial charge < -0.3 is 19.1 Å². The van der Waals surface area contributed by atoms with Crippen molar-refractivity contribution in [2.24, 2.45) is 7.05 Å². The molecular formula is C14H13NO4. The average molecular weight is 259 g/mol. The summed E-state index contributed by atoms with van der Waals surface area (Å²) in [5, 5.41) is 9.15. The molecule has 98 valence electrons. The van der Waals surface area contributed by atoms with Crippen LogP contribution in [0.2, 0.25) is 0 Å². The fourth-order valence-corrected chi connectivity index (χ4v) is 2.43. The van der Waals surface area contributed by atoms with Crippen molar-refractivity contribution in [3.8, 4) is 22.8 Å². The number of carboxylic acid groups (broad SMARTS) is 1. The molecule has 0 aliphatic carbocycles. The molecule has 2 heterocycles. The molecule has 5 heteroatoms. The molecule has 0 saturated heterocycles. The van der Waals surface area contributed by atoms with Crippen molar-refractivity contribution >= 4 is 5.97 Å². The van der Waals surface area contributed by atoms with Crippen LogP contribution >= 0.6 is 0 Å². The molecule has 0 radical (unpaired) electrons. The van der Waals surface area contributed by atoms with Gasteiger partial charge in [-0.15, -0.1) is 0 Å². The molecule has 5 nitrogen and oxygen atoms in total. The SMILES string of the molecule is Cc1c(C(=O)O)cn(C)c1-c1ccc2c(c1)OCO2. The molecule has 3 rings (SSSR count). The zero-order valence-electron chi connectivity index (χ0n) is 10.6. The number of aromatic nitrogens is 1. The van der Waals surface area contributed by atoms with Gasteiger partial charge in [0.25, 0.3) is 0 Å². The fraction of sp³-hybridized carbons (Fsp3) is 0.214. The first-order chi connectivity index (χ1) is 9.08. The van der Waals surface area contributed by atoms with Gasteiger partial charge in [-0.1, -0.05) is 0 Å². The summed E-state index contributed by atoms with van der Waals surface area (Å²) in [4.78, 5) is 11.1. The van der Waals surface area contributed by atoms with Gasteiger partial charge in [-0.25, -0.2) is 4.79 Å². The number of ether oxygens (including phenoxy) is 2. The Labute approximate surface area is 110 Å². The van der Waals surface area contributed by atoms with Crippen molar-refractivity contribution in [2.75, 3.05) is 6.79 Å². The van der Waals surface area contributed by atoms with Crippen LogP contribution in [0.5, 0.6) is 11.5 Å². The van der Waals surface area contributed by atoms with Crippen molar-refractivity contribution in [1.82, 2.24) is 4.57 Å². The minimum atomic E-state index is -0.917. The molecule has 1 aromatic heterocycles. The minimum Gasteiger partial charge on any atom is -0.478 e. The third-order valence-electron chi connectivity index (χ3n) is 3.31. The van der Waals surface area contributed by atoms with Gasteiger partial charge >= 0.3 is 5.97 Å². The molecule has 0 amide bonds. The summed E-state index contributed by atoms with van der Waals surface area (Å²) in [6.07, 6.45) is 1.62. The van der Waals surface area contributed by atoms with Crippen LogP contribution in [0.4, 0.5) is 0 Å². The lowest BCUT2D eigenvalue weighted by molar-refractivity contribution is 0.0696. The van der Waals surface area contributed by atoms with Crippen LogP contribution in [-0.2, 0) is 7.05 Å². The van der Waals surface area contributed by atoms with Gasteiger partial charge in [0.1, 0.15) is 0 Å². The number of hydrogen-bond donors (Lipinski definition) is 1. The molecule has 2 aromatic rings. The quantitative estimate of drug-likeness (QED) is 0.899. The summed E-state index contributed by atoms with van der Waals surface area (Å²) >= 11 is 0. The minimum absolute atomic E-state index is 0.227. The molecule has 0 atom stereocenters. The van der Waals surface area contributed by atoms with E-state index >= 15 is 0 Å². The van der Waals surface area contributed by atoms with Gasteiger partial charge in [-0.3, -0.25) is 0 Å². The molecule has 1 N–H and O–H groups in total. The van der Waals surface area contributed by atoms with Crippen LogP contribution in [0.1, 0.15) is 15.9 Å². The zero-order valence-corrected chi connectivity index (χ0v) is 10.6. The Morgan fingerprint density at radius 3 is 2.74 bits per heavy atom. The summed E-state index contributed by atoms with van der Waals surface area (Å²) in [7, 11) is 1.83. The van der Waals surface area contributed by atoms with Crippen molar-refractivity contribution in [3.05, 3.63) is 35.5 Å². The van der Waals surface area contributed by atoms with Crippen LogP contribution in [0.15, 0.2) is 24.4 Å². The van der Waals surface area contributed by atoms with Gasteiger partial charge in [0.15, 0.2) is 11.5 Å². The number of fused-ring (bicyclic) bond motifs is 1. The van der Waals surface area contributed by atoms with Gasteiger partial charge in [0, 0.05) is 18.8 Å². The van der Waals surface area contributed by atoms with Crippen LogP contribution in [0.25, 0.3) is 11.3 Å². The Bertz CT molecular complexity index is 672. The molecule has 19 heavy (non-hydrogen) atoms. The maximum Gasteiger partial charge on any atom is 0.337 e. The summed E-state index contributed by atoms with van der Waals surface area (Å²) in [5.74, 6) is 0.490. The number of nitrogens with zero attached hydrogens (tertiary/aromatic N) is 1. The smallest absolute Gasteiger partial charge is 0.337 e. The van der Waals surface area contributed by atoms with E-state index in [1.165, 1.54) is 0 Å². The summed E-state index contributed by atoms with van der Waals surface area (Å²) in [6, 6.07) is 5.61. The molecule has 0 saturated carbocycles. The summed E-state index contributed by atoms with van der Waals surface area (Å²) in [6.45, 7) is 2.04. The zero-order chi connectivity index (χ0) is 13.6. The highest BCUT2D eigenvalue weighted by Crippen LogP contribution is 2.37. The Kier molecular flexibility index (Phi) is 2.48. The normalized spacial score (nSPS) is 12.7. The number of rotatable bonds is 2. The standard InChI is InChI=1S/C14H13NO4/c1-8-10(14(16)17)6-15(2)13(8)9-3-4-11-12(5-9)19-7-18-11/h3-6H,7H2,1-2H3,(H,16,17). The van der Waals surface area contributed by atoms with Gasteiger partial charge in [-0.2, -0.15) is 0 Å². The fourth-order valence-electron chi connectivity index (χ4n) is 2.43. The molecule has 1 aliphatic heterocycles. The number of hydrogen-bond acceptors (Lipinski definition) is 3. The van der Waals surface area contributed by atoms with E-state index < -0.39 is 5.97 Å². The second-order valence-corrected chi connectivity index (χ2v) is 4.50. The monoisotopic (exact) mass is 259 g/mol. The van der Waals surface area contributed by atoms with E-state index in [-0.39, 0.29) is 6.79 Å². The Morgan fingerprint density at radius 2 is 2.05 bits per heavy atom. The van der Waals surface area contributed by atoms with E-state index in [0.29, 0.717) is 17.1 Å². The van der Waals surface area contributed by atoms with Crippen molar-refractivity contribution in [1.29, 1.82) is 0 Å². The number of aromatic carboxylic acids is 1. The topological polar surface area (TPSA) is 60.7 Å². The maximum absolute atomic E-state index is 11.1. The second-order valence-electron chi connectivity index (χ2n) is 4.50. The van der Waals surface area contributed by atoms with Crippen LogP contribution < -0.4 is 9.47 Å². The summed E-state index contributed by atoms with van der Waals surface area (Å²) in [5.41, 5.74) is 2.84. The van der Waals surface area contributed by atoms with Gasteiger partial charge in [0.2, 0.25) is 6.79 Å². The molecule has 0 unspecified atom stereocenters. The van der Waals surface area contributed by atoms with E-state index in [1.807, 2.05) is 36.7 Å². The first kappa shape index (κ1) is 11.6. The lowest BCUT2D eigenvalue weighted by Gasteiger charge is -2.06. The highest BCUT2D eigenvalue weighted by Gasteiger charge is 2.19. The maximum atomic E-state index is 11.1. The van der Waals surface area contributed by atoms with Crippen molar-refractivity contribution in [3.63, 3.8) is 0 Å². The largest absolute Gasteiger partial charge is 0.478 e. The van der Waals surface area contributed by atoms with Crippen LogP contribution in [0, 0.1) is 6.92 Å². The molecule has 1 aliphatic rings. The van der Waals surface area contributed by atoms with E-state index in [9.17, 15) is 4.79 Å². The van der Waals surface area contributed by atoms with E-state index in [4.69, 9.17) is 14.6 Å². The third kappa shape index (κ3) is 1.74. The van der Waals surface area contributed by atoms with E-state index in [0.717, 1.165) is 16.8 Å². The lowest BCUT2D eigenvalue weighted by atomic mass is 10.1. The highest BCUT2D eigenvalue weighted by molar-refractivity contribution is 5.92. The predicted octanol–water partition coefficient (Wildman–Crippen LogP) is 2.43. The first-order valence-electron chi connectivity index (χ1n) is 5.87. The first-order valence-corrected chi connectivity index (χ1v) is 5.87. The number of carbonyl (C=O) groups is 1. The number of aryl methyl sites for hydroxylation is 1. The van der Waals surface area contributed by atoms with Crippen molar-refractivity contribution < 1.29 is 19.4 Å². The van der Waals surface area contributed by atoms with E-state index in [2.05, 4.69) is 0 Å². The van der Waals surface area contributed by atoms with Crippen molar-refractivity contribution in [2.45, 2.75) is 6.92 Å². The molecule has 1 aromatic carbocycles. The second kappa shape index (κ2) is 4.05. The Hall–Kier alpha value is -2.43. The summed E-state index contributed by atoms with van der Waals surface area (Å²) < 4.78 is 12.4. The molecule has 0 spiro atoms. The Morgan fingerprint density at radius 1 is 1.32 bits per heavy atom. The van der Waals surface area contributed by atoms with Crippen LogP contribution in [0.3, 0.4) is 0 Å². The molecule has 0 fully saturated rings. The predicted molar refractivity (Wildman–Crippen MR) is 68.7 cm³/mol. The Balaban J connectivity index is 2.14. The van der Waals surface area contributed by atoms with Gasteiger partial charge in [-0.05, 0) is 30.7 Å². The third-order valence-corrected chi connectivity index (χ3v) is 3.31. The van der Waals surface area contributed by atoms with Gasteiger partial charge in [0.05, 0.1) is 11.3 Å². The number of benzene rings is 1. The average Bonchev–Trinajstić information content (AvgIpc) is 2.93. The molecule has 0 bridgehead atoms.